The average molecular weight is 390 g/mol. The summed E-state index contributed by atoms with van der Waals surface area (Å²) in [5.74, 6) is 0.299. The predicted octanol–water partition coefficient (Wildman–Crippen LogP) is 4.31. The summed E-state index contributed by atoms with van der Waals surface area (Å²) in [6, 6.07) is 13.6. The summed E-state index contributed by atoms with van der Waals surface area (Å²) in [5.41, 5.74) is 2.09. The first kappa shape index (κ1) is 18.4. The SMILES string of the molecule is COc1ccc(C(=O)Nc2scc(-c3ccc(Cl)cc3)c2C(O)O)cc1. The molecule has 1 amide bonds. The van der Waals surface area contributed by atoms with E-state index < -0.39 is 6.29 Å². The second kappa shape index (κ2) is 7.88. The minimum Gasteiger partial charge on any atom is -0.497 e. The van der Waals surface area contributed by atoms with Crippen molar-refractivity contribution in [1.29, 1.82) is 0 Å². The van der Waals surface area contributed by atoms with E-state index in [1.165, 1.54) is 11.3 Å². The number of methoxy groups -OCH3 is 1. The van der Waals surface area contributed by atoms with Crippen LogP contribution in [0.3, 0.4) is 0 Å². The Morgan fingerprint density at radius 1 is 1.12 bits per heavy atom. The fraction of sp³-hybridized carbons (Fsp3) is 0.105. The van der Waals surface area contributed by atoms with Gasteiger partial charge in [0.05, 0.1) is 7.11 Å². The van der Waals surface area contributed by atoms with Crippen LogP contribution in [-0.2, 0) is 0 Å². The van der Waals surface area contributed by atoms with Crippen LogP contribution in [0.4, 0.5) is 5.00 Å². The van der Waals surface area contributed by atoms with Crippen molar-refractivity contribution in [2.45, 2.75) is 6.29 Å². The van der Waals surface area contributed by atoms with E-state index in [9.17, 15) is 15.0 Å². The lowest BCUT2D eigenvalue weighted by molar-refractivity contribution is -0.0411. The van der Waals surface area contributed by atoms with Gasteiger partial charge in [-0.3, -0.25) is 4.79 Å². The van der Waals surface area contributed by atoms with Crippen molar-refractivity contribution in [2.75, 3.05) is 12.4 Å². The monoisotopic (exact) mass is 389 g/mol. The molecule has 0 radical (unpaired) electrons. The van der Waals surface area contributed by atoms with Gasteiger partial charge >= 0.3 is 0 Å². The Morgan fingerprint density at radius 3 is 2.35 bits per heavy atom. The van der Waals surface area contributed by atoms with Crippen LogP contribution in [0.2, 0.25) is 5.02 Å². The van der Waals surface area contributed by atoms with Gasteiger partial charge in [0.2, 0.25) is 0 Å². The Kier molecular flexibility index (Phi) is 5.58. The van der Waals surface area contributed by atoms with Gasteiger partial charge in [0.1, 0.15) is 10.8 Å². The number of carbonyl (C=O) groups excluding carboxylic acids is 1. The van der Waals surface area contributed by atoms with Gasteiger partial charge in [-0.05, 0) is 42.0 Å². The van der Waals surface area contributed by atoms with Gasteiger partial charge in [-0.2, -0.15) is 0 Å². The van der Waals surface area contributed by atoms with Crippen molar-refractivity contribution in [1.82, 2.24) is 0 Å². The molecule has 1 heterocycles. The molecule has 0 aliphatic heterocycles. The maximum atomic E-state index is 12.5. The summed E-state index contributed by atoms with van der Waals surface area (Å²) in [6.07, 6.45) is -1.72. The van der Waals surface area contributed by atoms with E-state index in [4.69, 9.17) is 16.3 Å². The van der Waals surface area contributed by atoms with E-state index in [-0.39, 0.29) is 11.5 Å². The number of aliphatic hydroxyl groups is 2. The number of ether oxygens (including phenoxy) is 1. The molecule has 0 atom stereocenters. The molecule has 0 saturated carbocycles. The third-order valence-corrected chi connectivity index (χ3v) is 4.99. The molecule has 0 aliphatic carbocycles. The molecule has 134 valence electrons. The molecule has 0 unspecified atom stereocenters. The van der Waals surface area contributed by atoms with Crippen molar-refractivity contribution < 1.29 is 19.7 Å². The Balaban J connectivity index is 1.90. The van der Waals surface area contributed by atoms with E-state index in [1.54, 1.807) is 61.0 Å². The Hall–Kier alpha value is -2.38. The number of anilines is 1. The van der Waals surface area contributed by atoms with Gasteiger partial charge in [0.15, 0.2) is 6.29 Å². The molecule has 1 aromatic heterocycles. The summed E-state index contributed by atoms with van der Waals surface area (Å²) in [7, 11) is 1.55. The van der Waals surface area contributed by atoms with Crippen LogP contribution in [0.25, 0.3) is 11.1 Å². The van der Waals surface area contributed by atoms with Crippen molar-refractivity contribution >= 4 is 33.8 Å². The number of rotatable bonds is 5. The van der Waals surface area contributed by atoms with Crippen LogP contribution in [0, 0.1) is 0 Å². The highest BCUT2D eigenvalue weighted by Crippen LogP contribution is 2.39. The van der Waals surface area contributed by atoms with Gasteiger partial charge in [-0.1, -0.05) is 23.7 Å². The summed E-state index contributed by atoms with van der Waals surface area (Å²) < 4.78 is 5.07. The smallest absolute Gasteiger partial charge is 0.256 e. The molecule has 5 nitrogen and oxygen atoms in total. The third-order valence-electron chi connectivity index (χ3n) is 3.82. The van der Waals surface area contributed by atoms with Crippen LogP contribution >= 0.6 is 22.9 Å². The predicted molar refractivity (Wildman–Crippen MR) is 103 cm³/mol. The lowest BCUT2D eigenvalue weighted by atomic mass is 10.0. The summed E-state index contributed by atoms with van der Waals surface area (Å²) >= 11 is 7.13. The average Bonchev–Trinajstić information content (AvgIpc) is 3.06. The Labute approximate surface area is 159 Å². The van der Waals surface area contributed by atoms with Gasteiger partial charge < -0.3 is 20.3 Å². The third kappa shape index (κ3) is 3.89. The second-order valence-electron chi connectivity index (χ2n) is 5.46. The molecular formula is C19H16ClNO4S. The van der Waals surface area contributed by atoms with Crippen molar-refractivity contribution in [3.8, 4) is 16.9 Å². The summed E-state index contributed by atoms with van der Waals surface area (Å²) in [4.78, 5) is 12.5. The number of hydrogen-bond acceptors (Lipinski definition) is 5. The standard InChI is InChI=1S/C19H16ClNO4S/c1-25-14-8-4-12(5-9-14)17(22)21-18-16(19(23)24)15(10-26-18)11-2-6-13(20)7-3-11/h2-10,19,23-24H,1H3,(H,21,22). The van der Waals surface area contributed by atoms with Crippen LogP contribution in [-0.4, -0.2) is 23.2 Å². The number of thiophene rings is 1. The van der Waals surface area contributed by atoms with E-state index in [0.717, 1.165) is 5.56 Å². The molecule has 0 bridgehead atoms. The number of carbonyl (C=O) groups is 1. The van der Waals surface area contributed by atoms with Gasteiger partial charge in [-0.25, -0.2) is 0 Å². The maximum Gasteiger partial charge on any atom is 0.256 e. The van der Waals surface area contributed by atoms with Crippen LogP contribution in [0.1, 0.15) is 22.2 Å². The number of aliphatic hydroxyl groups excluding tert-OH is 1. The van der Waals surface area contributed by atoms with Gasteiger partial charge in [0.25, 0.3) is 5.91 Å². The quantitative estimate of drug-likeness (QED) is 0.568. The molecule has 2 aromatic carbocycles. The van der Waals surface area contributed by atoms with Gasteiger partial charge in [0, 0.05) is 27.1 Å². The van der Waals surface area contributed by atoms with Crippen LogP contribution in [0.15, 0.2) is 53.9 Å². The molecular weight excluding hydrogens is 374 g/mol. The van der Waals surface area contributed by atoms with Crippen LogP contribution < -0.4 is 10.1 Å². The first-order chi connectivity index (χ1) is 12.5. The number of benzene rings is 2. The van der Waals surface area contributed by atoms with Gasteiger partial charge in [-0.15, -0.1) is 11.3 Å². The minimum absolute atomic E-state index is 0.249. The first-order valence-corrected chi connectivity index (χ1v) is 8.94. The molecule has 3 aromatic rings. The van der Waals surface area contributed by atoms with E-state index >= 15 is 0 Å². The molecule has 0 fully saturated rings. The summed E-state index contributed by atoms with van der Waals surface area (Å²) in [5, 5.41) is 25.1. The molecule has 0 spiro atoms. The lowest BCUT2D eigenvalue weighted by Crippen LogP contribution is -2.13. The zero-order chi connectivity index (χ0) is 18.7. The van der Waals surface area contributed by atoms with E-state index in [2.05, 4.69) is 5.32 Å². The highest BCUT2D eigenvalue weighted by atomic mass is 35.5. The maximum absolute atomic E-state index is 12.5. The lowest BCUT2D eigenvalue weighted by Gasteiger charge is -2.11. The largest absolute Gasteiger partial charge is 0.497 e. The fourth-order valence-corrected chi connectivity index (χ4v) is 3.61. The van der Waals surface area contributed by atoms with Crippen molar-refractivity contribution in [3.05, 3.63) is 70.1 Å². The molecule has 26 heavy (non-hydrogen) atoms. The highest BCUT2D eigenvalue weighted by molar-refractivity contribution is 7.15. The highest BCUT2D eigenvalue weighted by Gasteiger charge is 2.21. The second-order valence-corrected chi connectivity index (χ2v) is 6.77. The molecule has 3 N–H and O–H groups in total. The topological polar surface area (TPSA) is 78.8 Å². The molecule has 7 heteroatoms. The Morgan fingerprint density at radius 2 is 1.77 bits per heavy atom. The molecule has 0 saturated heterocycles. The first-order valence-electron chi connectivity index (χ1n) is 7.68. The minimum atomic E-state index is -1.72. The van der Waals surface area contributed by atoms with E-state index in [0.29, 0.717) is 26.9 Å². The normalized spacial score (nSPS) is 10.8. The molecule has 0 aliphatic rings. The number of nitrogens with one attached hydrogen (secondary N) is 1. The zero-order valence-corrected chi connectivity index (χ0v) is 15.3. The van der Waals surface area contributed by atoms with Crippen molar-refractivity contribution in [2.24, 2.45) is 0 Å². The molecule has 3 rings (SSSR count). The van der Waals surface area contributed by atoms with E-state index in [1.807, 2.05) is 0 Å². The van der Waals surface area contributed by atoms with Crippen molar-refractivity contribution in [3.63, 3.8) is 0 Å². The number of hydrogen-bond donors (Lipinski definition) is 3. The summed E-state index contributed by atoms with van der Waals surface area (Å²) in [6.45, 7) is 0. The number of halogens is 1. The Bertz CT molecular complexity index is 904. The zero-order valence-electron chi connectivity index (χ0n) is 13.8. The van der Waals surface area contributed by atoms with Crippen LogP contribution in [0.5, 0.6) is 5.75 Å². The number of amides is 1. The fourth-order valence-electron chi connectivity index (χ4n) is 2.49.